The predicted molar refractivity (Wildman–Crippen MR) is 65.1 cm³/mol. The molecule has 4 heteroatoms. The van der Waals surface area contributed by atoms with Crippen LogP contribution in [-0.2, 0) is 6.54 Å². The summed E-state index contributed by atoms with van der Waals surface area (Å²) in [6.07, 6.45) is 4.42. The Morgan fingerprint density at radius 3 is 2.69 bits per heavy atom. The van der Waals surface area contributed by atoms with Crippen molar-refractivity contribution in [2.24, 2.45) is 5.92 Å². The van der Waals surface area contributed by atoms with Gasteiger partial charge >= 0.3 is 0 Å². The highest BCUT2D eigenvalue weighted by Gasteiger charge is 2.12. The summed E-state index contributed by atoms with van der Waals surface area (Å²) in [7, 11) is 4.26. The van der Waals surface area contributed by atoms with Crippen molar-refractivity contribution < 1.29 is 4.42 Å². The van der Waals surface area contributed by atoms with E-state index in [-0.39, 0.29) is 0 Å². The molecule has 1 rings (SSSR count). The summed E-state index contributed by atoms with van der Waals surface area (Å²) >= 11 is 0. The van der Waals surface area contributed by atoms with Crippen LogP contribution in [0.1, 0.15) is 26.0 Å². The Kier molecular flexibility index (Phi) is 5.49. The molecule has 0 aliphatic carbocycles. The highest BCUT2D eigenvalue weighted by atomic mass is 16.3. The lowest BCUT2D eigenvalue weighted by molar-refractivity contribution is 0.245. The molecular weight excluding hydrogens is 202 g/mol. The Morgan fingerprint density at radius 2 is 2.19 bits per heavy atom. The van der Waals surface area contributed by atoms with E-state index < -0.39 is 0 Å². The number of hydrogen-bond donors (Lipinski definition) is 1. The molecule has 0 aromatic carbocycles. The predicted octanol–water partition coefficient (Wildman–Crippen LogP) is 1.74. The van der Waals surface area contributed by atoms with E-state index in [1.54, 1.807) is 6.20 Å². The molecule has 0 saturated heterocycles. The van der Waals surface area contributed by atoms with Crippen LogP contribution >= 0.6 is 0 Å². The van der Waals surface area contributed by atoms with Crippen LogP contribution in [0.15, 0.2) is 17.0 Å². The van der Waals surface area contributed by atoms with Crippen LogP contribution in [0.25, 0.3) is 0 Å². The van der Waals surface area contributed by atoms with Crippen LogP contribution in [0.3, 0.4) is 0 Å². The molecule has 1 heterocycles. The van der Waals surface area contributed by atoms with Crippen LogP contribution in [0, 0.1) is 5.92 Å². The molecular formula is C12H23N3O. The Labute approximate surface area is 98.0 Å². The number of likely N-dealkylation sites (N-methyl/N-ethyl adjacent to an activating group) is 1. The van der Waals surface area contributed by atoms with E-state index in [9.17, 15) is 0 Å². The monoisotopic (exact) mass is 225 g/mol. The molecule has 0 radical (unpaired) electrons. The second kappa shape index (κ2) is 6.66. The van der Waals surface area contributed by atoms with Gasteiger partial charge < -0.3 is 14.6 Å². The van der Waals surface area contributed by atoms with Crippen molar-refractivity contribution in [2.45, 2.75) is 32.9 Å². The van der Waals surface area contributed by atoms with E-state index in [0.29, 0.717) is 6.04 Å². The summed E-state index contributed by atoms with van der Waals surface area (Å²) in [4.78, 5) is 6.16. The molecule has 92 valence electrons. The third kappa shape index (κ3) is 4.77. The Morgan fingerprint density at radius 1 is 1.44 bits per heavy atom. The van der Waals surface area contributed by atoms with Crippen LogP contribution in [0.4, 0.5) is 0 Å². The number of rotatable bonds is 7. The maximum absolute atomic E-state index is 5.17. The molecule has 0 fully saturated rings. The summed E-state index contributed by atoms with van der Waals surface area (Å²) in [5.74, 6) is 1.61. The Hall–Kier alpha value is -0.870. The van der Waals surface area contributed by atoms with Gasteiger partial charge in [0.2, 0.25) is 0 Å². The lowest BCUT2D eigenvalue weighted by Crippen LogP contribution is -2.38. The standard InChI is InChI=1S/C12H23N3O/c1-10(2)5-11(15(3)4)6-13-7-12-8-14-9-16-12/h8-11,13H,5-7H2,1-4H3. The normalized spacial score (nSPS) is 13.6. The van der Waals surface area contributed by atoms with Crippen LogP contribution in [0.2, 0.25) is 0 Å². The van der Waals surface area contributed by atoms with Gasteiger partial charge in [-0.3, -0.25) is 0 Å². The zero-order valence-corrected chi connectivity index (χ0v) is 10.7. The molecule has 1 atom stereocenters. The maximum Gasteiger partial charge on any atom is 0.180 e. The molecule has 0 amide bonds. The highest BCUT2D eigenvalue weighted by molar-refractivity contribution is 4.87. The summed E-state index contributed by atoms with van der Waals surface area (Å²) < 4.78 is 5.17. The first-order valence-corrected chi connectivity index (χ1v) is 5.84. The number of nitrogens with zero attached hydrogens (tertiary/aromatic N) is 2. The first kappa shape index (κ1) is 13.2. The van der Waals surface area contributed by atoms with Gasteiger partial charge in [0.05, 0.1) is 12.7 Å². The summed E-state index contributed by atoms with van der Waals surface area (Å²) in [6.45, 7) is 6.24. The molecule has 0 aliphatic rings. The maximum atomic E-state index is 5.17. The molecule has 1 unspecified atom stereocenters. The molecule has 4 nitrogen and oxygen atoms in total. The number of aromatic nitrogens is 1. The summed E-state index contributed by atoms with van der Waals surface area (Å²) in [5, 5.41) is 3.40. The van der Waals surface area contributed by atoms with E-state index in [1.165, 1.54) is 12.8 Å². The van der Waals surface area contributed by atoms with Gasteiger partial charge in [-0.2, -0.15) is 0 Å². The molecule has 0 spiro atoms. The smallest absolute Gasteiger partial charge is 0.180 e. The van der Waals surface area contributed by atoms with Crippen molar-refractivity contribution >= 4 is 0 Å². The number of oxazole rings is 1. The van der Waals surface area contributed by atoms with Gasteiger partial charge in [0.25, 0.3) is 0 Å². The minimum atomic E-state index is 0.572. The fourth-order valence-electron chi connectivity index (χ4n) is 1.71. The van der Waals surface area contributed by atoms with Gasteiger partial charge in [-0.05, 0) is 26.4 Å². The first-order valence-electron chi connectivity index (χ1n) is 5.84. The van der Waals surface area contributed by atoms with Crippen molar-refractivity contribution in [3.05, 3.63) is 18.4 Å². The zero-order chi connectivity index (χ0) is 12.0. The van der Waals surface area contributed by atoms with Crippen LogP contribution in [0.5, 0.6) is 0 Å². The van der Waals surface area contributed by atoms with Crippen molar-refractivity contribution in [1.29, 1.82) is 0 Å². The average molecular weight is 225 g/mol. The third-order valence-electron chi connectivity index (χ3n) is 2.64. The second-order valence-corrected chi connectivity index (χ2v) is 4.85. The van der Waals surface area contributed by atoms with E-state index in [4.69, 9.17) is 4.42 Å². The second-order valence-electron chi connectivity index (χ2n) is 4.85. The highest BCUT2D eigenvalue weighted by Crippen LogP contribution is 2.08. The van der Waals surface area contributed by atoms with Gasteiger partial charge in [-0.25, -0.2) is 4.98 Å². The molecule has 1 aromatic rings. The Balaban J connectivity index is 2.27. The van der Waals surface area contributed by atoms with Gasteiger partial charge in [0.15, 0.2) is 6.39 Å². The van der Waals surface area contributed by atoms with E-state index in [1.807, 2.05) is 0 Å². The van der Waals surface area contributed by atoms with Gasteiger partial charge in [0, 0.05) is 12.6 Å². The fourth-order valence-corrected chi connectivity index (χ4v) is 1.71. The zero-order valence-electron chi connectivity index (χ0n) is 10.7. The van der Waals surface area contributed by atoms with E-state index in [0.717, 1.165) is 24.8 Å². The molecule has 0 aliphatic heterocycles. The lowest BCUT2D eigenvalue weighted by atomic mass is 10.0. The van der Waals surface area contributed by atoms with Gasteiger partial charge in [-0.1, -0.05) is 13.8 Å². The topological polar surface area (TPSA) is 41.3 Å². The van der Waals surface area contributed by atoms with Crippen molar-refractivity contribution in [2.75, 3.05) is 20.6 Å². The Bertz CT molecular complexity index is 270. The average Bonchev–Trinajstić information content (AvgIpc) is 2.68. The van der Waals surface area contributed by atoms with Crippen molar-refractivity contribution in [3.63, 3.8) is 0 Å². The minimum Gasteiger partial charge on any atom is -0.447 e. The van der Waals surface area contributed by atoms with E-state index in [2.05, 4.69) is 43.1 Å². The summed E-state index contributed by atoms with van der Waals surface area (Å²) in [6, 6.07) is 0.572. The van der Waals surface area contributed by atoms with Crippen LogP contribution < -0.4 is 5.32 Å². The molecule has 0 saturated carbocycles. The van der Waals surface area contributed by atoms with E-state index >= 15 is 0 Å². The van der Waals surface area contributed by atoms with Gasteiger partial charge in [0.1, 0.15) is 5.76 Å². The minimum absolute atomic E-state index is 0.572. The molecule has 0 bridgehead atoms. The molecule has 16 heavy (non-hydrogen) atoms. The fraction of sp³-hybridized carbons (Fsp3) is 0.750. The van der Waals surface area contributed by atoms with Gasteiger partial charge in [-0.15, -0.1) is 0 Å². The number of nitrogens with one attached hydrogen (secondary N) is 1. The first-order chi connectivity index (χ1) is 7.59. The largest absolute Gasteiger partial charge is 0.447 e. The SMILES string of the molecule is CC(C)CC(CNCc1cnco1)N(C)C. The lowest BCUT2D eigenvalue weighted by Gasteiger charge is -2.26. The third-order valence-corrected chi connectivity index (χ3v) is 2.64. The van der Waals surface area contributed by atoms with Crippen molar-refractivity contribution in [1.82, 2.24) is 15.2 Å². The van der Waals surface area contributed by atoms with Crippen molar-refractivity contribution in [3.8, 4) is 0 Å². The van der Waals surface area contributed by atoms with Crippen LogP contribution in [-0.4, -0.2) is 36.6 Å². The summed E-state index contributed by atoms with van der Waals surface area (Å²) in [5.41, 5.74) is 0. The quantitative estimate of drug-likeness (QED) is 0.767. The molecule has 1 aromatic heterocycles. The number of hydrogen-bond acceptors (Lipinski definition) is 4. The molecule has 1 N–H and O–H groups in total.